The number of hydrogen-bond acceptors (Lipinski definition) is 4. The largest absolute Gasteiger partial charge is 0.491 e. The fourth-order valence-corrected chi connectivity index (χ4v) is 3.84. The maximum atomic E-state index is 11.0. The normalized spacial score (nSPS) is 11.0. The van der Waals surface area contributed by atoms with Gasteiger partial charge in [0.05, 0.1) is 12.1 Å². The lowest BCUT2D eigenvalue weighted by molar-refractivity contribution is -0.136. The zero-order valence-corrected chi connectivity index (χ0v) is 17.8. The number of fused-ring (bicyclic) bond motifs is 1. The van der Waals surface area contributed by atoms with Gasteiger partial charge >= 0.3 is 5.97 Å². The van der Waals surface area contributed by atoms with E-state index < -0.39 is 5.97 Å². The maximum Gasteiger partial charge on any atom is 0.303 e. The van der Waals surface area contributed by atoms with Gasteiger partial charge in [0.2, 0.25) is 0 Å². The molecule has 0 atom stereocenters. The van der Waals surface area contributed by atoms with Gasteiger partial charge in [0.25, 0.3) is 0 Å². The zero-order valence-electron chi connectivity index (χ0n) is 17.8. The summed E-state index contributed by atoms with van der Waals surface area (Å²) in [7, 11) is 0. The number of aryl methyl sites for hydroxylation is 3. The average molecular weight is 431 g/mol. The lowest BCUT2D eigenvalue weighted by Crippen LogP contribution is -2.01. The van der Waals surface area contributed by atoms with Gasteiger partial charge in [-0.1, -0.05) is 12.1 Å². The summed E-state index contributed by atoms with van der Waals surface area (Å²) >= 11 is 0. The predicted molar refractivity (Wildman–Crippen MR) is 123 cm³/mol. The second kappa shape index (κ2) is 10.1. The van der Waals surface area contributed by atoms with Crippen LogP contribution in [0.5, 0.6) is 5.75 Å². The number of rotatable bonds is 10. The Balaban J connectivity index is 1.67. The molecular formula is C26H26N2O4. The molecule has 2 aromatic carbocycles. The van der Waals surface area contributed by atoms with Crippen molar-refractivity contribution in [2.45, 2.75) is 25.7 Å². The highest BCUT2D eigenvalue weighted by molar-refractivity contribution is 5.86. The molecule has 164 valence electrons. The van der Waals surface area contributed by atoms with E-state index in [0.29, 0.717) is 12.2 Å². The van der Waals surface area contributed by atoms with Crippen LogP contribution in [0, 0.1) is 0 Å². The molecule has 2 aromatic heterocycles. The van der Waals surface area contributed by atoms with Crippen LogP contribution in [0.3, 0.4) is 0 Å². The van der Waals surface area contributed by atoms with Gasteiger partial charge in [-0.05, 0) is 78.9 Å². The van der Waals surface area contributed by atoms with Gasteiger partial charge in [0.15, 0.2) is 0 Å². The molecule has 4 aromatic rings. The number of aliphatic carboxylic acids is 1. The minimum absolute atomic E-state index is 0.0200. The number of carbonyl (C=O) groups is 1. The highest BCUT2D eigenvalue weighted by Gasteiger charge is 2.12. The Morgan fingerprint density at radius 2 is 1.84 bits per heavy atom. The Morgan fingerprint density at radius 3 is 2.56 bits per heavy atom. The van der Waals surface area contributed by atoms with Crippen molar-refractivity contribution in [1.29, 1.82) is 0 Å². The van der Waals surface area contributed by atoms with Gasteiger partial charge in [-0.3, -0.25) is 9.78 Å². The molecule has 2 heterocycles. The molecule has 0 aliphatic carbocycles. The van der Waals surface area contributed by atoms with Crippen LogP contribution in [0.2, 0.25) is 0 Å². The minimum Gasteiger partial charge on any atom is -0.491 e. The van der Waals surface area contributed by atoms with Crippen LogP contribution in [0.4, 0.5) is 0 Å². The standard InChI is InChI=1S/C26H26N2O4/c29-15-16-32-23-10-8-22(9-11-23)28-18-20(6-7-21-3-1-2-14-27-21)24-17-19(4-12-25(24)28)5-13-26(30)31/h1-4,8-12,14,17-18,29H,5-7,13,15-16H2,(H,30,31). The van der Waals surface area contributed by atoms with Crippen molar-refractivity contribution >= 4 is 16.9 Å². The van der Waals surface area contributed by atoms with Gasteiger partial charge in [-0.25, -0.2) is 0 Å². The maximum absolute atomic E-state index is 11.0. The number of nitrogens with zero attached hydrogens (tertiary/aromatic N) is 2. The van der Waals surface area contributed by atoms with Crippen molar-refractivity contribution < 1.29 is 19.7 Å². The molecule has 6 nitrogen and oxygen atoms in total. The van der Waals surface area contributed by atoms with E-state index in [1.54, 1.807) is 0 Å². The molecule has 6 heteroatoms. The minimum atomic E-state index is -0.790. The summed E-state index contributed by atoms with van der Waals surface area (Å²) < 4.78 is 7.63. The zero-order chi connectivity index (χ0) is 22.3. The second-order valence-electron chi connectivity index (χ2n) is 7.66. The van der Waals surface area contributed by atoms with Gasteiger partial charge in [0, 0.05) is 35.6 Å². The van der Waals surface area contributed by atoms with E-state index in [-0.39, 0.29) is 19.6 Å². The molecular weight excluding hydrogens is 404 g/mol. The van der Waals surface area contributed by atoms with E-state index in [9.17, 15) is 4.79 Å². The molecule has 0 saturated heterocycles. The fourth-order valence-electron chi connectivity index (χ4n) is 3.84. The number of carboxylic acids is 1. The Bertz CT molecular complexity index is 1180. The Labute approximate surface area is 186 Å². The fraction of sp³-hybridized carbons (Fsp3) is 0.231. The third kappa shape index (κ3) is 5.15. The average Bonchev–Trinajstić information content (AvgIpc) is 3.19. The van der Waals surface area contributed by atoms with Crippen molar-refractivity contribution in [2.24, 2.45) is 0 Å². The molecule has 2 N–H and O–H groups in total. The van der Waals surface area contributed by atoms with E-state index in [1.807, 2.05) is 54.7 Å². The van der Waals surface area contributed by atoms with E-state index >= 15 is 0 Å². The first kappa shape index (κ1) is 21.6. The third-order valence-corrected chi connectivity index (χ3v) is 5.43. The van der Waals surface area contributed by atoms with Gasteiger partial charge < -0.3 is 19.5 Å². The van der Waals surface area contributed by atoms with Crippen LogP contribution in [0.25, 0.3) is 16.6 Å². The number of aliphatic hydroxyl groups is 1. The smallest absolute Gasteiger partial charge is 0.303 e. The van der Waals surface area contributed by atoms with Gasteiger partial charge in [-0.2, -0.15) is 0 Å². The summed E-state index contributed by atoms with van der Waals surface area (Å²) in [6, 6.07) is 19.9. The summed E-state index contributed by atoms with van der Waals surface area (Å²) in [6.45, 7) is 0.246. The van der Waals surface area contributed by atoms with Crippen molar-refractivity contribution in [3.8, 4) is 11.4 Å². The first-order chi connectivity index (χ1) is 15.6. The van der Waals surface area contributed by atoms with Crippen molar-refractivity contribution in [3.05, 3.63) is 89.9 Å². The molecule has 0 amide bonds. The monoisotopic (exact) mass is 430 g/mol. The second-order valence-corrected chi connectivity index (χ2v) is 7.66. The number of aromatic nitrogens is 2. The summed E-state index contributed by atoms with van der Waals surface area (Å²) in [6.07, 6.45) is 6.24. The molecule has 32 heavy (non-hydrogen) atoms. The van der Waals surface area contributed by atoms with Crippen molar-refractivity contribution in [1.82, 2.24) is 9.55 Å². The van der Waals surface area contributed by atoms with Gasteiger partial charge in [0.1, 0.15) is 12.4 Å². The molecule has 4 rings (SSSR count). The van der Waals surface area contributed by atoms with E-state index in [0.717, 1.165) is 40.7 Å². The van der Waals surface area contributed by atoms with Crippen LogP contribution < -0.4 is 4.74 Å². The van der Waals surface area contributed by atoms with Crippen LogP contribution in [0.15, 0.2) is 73.1 Å². The van der Waals surface area contributed by atoms with Crippen molar-refractivity contribution in [2.75, 3.05) is 13.2 Å². The lowest BCUT2D eigenvalue weighted by atomic mass is 10.0. The highest BCUT2D eigenvalue weighted by atomic mass is 16.5. The number of carboxylic acid groups (broad SMARTS) is 1. The molecule has 0 aliphatic rings. The number of hydrogen-bond donors (Lipinski definition) is 2. The Kier molecular flexibility index (Phi) is 6.82. The molecule has 0 bridgehead atoms. The van der Waals surface area contributed by atoms with Crippen LogP contribution >= 0.6 is 0 Å². The van der Waals surface area contributed by atoms with Crippen LogP contribution in [-0.4, -0.2) is 38.9 Å². The van der Waals surface area contributed by atoms with E-state index in [1.165, 1.54) is 5.56 Å². The van der Waals surface area contributed by atoms with E-state index in [2.05, 4.69) is 27.9 Å². The molecule has 0 saturated carbocycles. The molecule has 0 unspecified atom stereocenters. The number of aliphatic hydroxyl groups excluding tert-OH is 1. The van der Waals surface area contributed by atoms with Crippen LogP contribution in [-0.2, 0) is 24.1 Å². The first-order valence-corrected chi connectivity index (χ1v) is 10.7. The van der Waals surface area contributed by atoms with E-state index in [4.69, 9.17) is 14.9 Å². The SMILES string of the molecule is O=C(O)CCc1ccc2c(c1)c(CCc1ccccn1)cn2-c1ccc(OCCO)cc1. The summed E-state index contributed by atoms with van der Waals surface area (Å²) in [5.74, 6) is -0.0767. The summed E-state index contributed by atoms with van der Waals surface area (Å²) in [5.41, 5.74) is 5.34. The molecule has 0 aliphatic heterocycles. The number of ether oxygens (including phenoxy) is 1. The lowest BCUT2D eigenvalue weighted by Gasteiger charge is -2.08. The topological polar surface area (TPSA) is 84.6 Å². The molecule has 0 spiro atoms. The van der Waals surface area contributed by atoms with Gasteiger partial charge in [-0.15, -0.1) is 0 Å². The predicted octanol–water partition coefficient (Wildman–Crippen LogP) is 4.20. The summed E-state index contributed by atoms with van der Waals surface area (Å²) in [5, 5.41) is 19.1. The van der Waals surface area contributed by atoms with Crippen molar-refractivity contribution in [3.63, 3.8) is 0 Å². The first-order valence-electron chi connectivity index (χ1n) is 10.7. The number of pyridine rings is 1. The van der Waals surface area contributed by atoms with Crippen LogP contribution in [0.1, 0.15) is 23.2 Å². The summed E-state index contributed by atoms with van der Waals surface area (Å²) in [4.78, 5) is 15.4. The highest BCUT2D eigenvalue weighted by Crippen LogP contribution is 2.28. The molecule has 0 radical (unpaired) electrons. The Hall–Kier alpha value is -3.64. The number of benzene rings is 2. The quantitative estimate of drug-likeness (QED) is 0.394. The Morgan fingerprint density at radius 1 is 1.00 bits per heavy atom. The molecule has 0 fully saturated rings. The third-order valence-electron chi connectivity index (χ3n) is 5.43.